The summed E-state index contributed by atoms with van der Waals surface area (Å²) in [7, 11) is 0. The van der Waals surface area contributed by atoms with Crippen molar-refractivity contribution in [3.05, 3.63) is 29.6 Å². The van der Waals surface area contributed by atoms with Crippen LogP contribution in [-0.2, 0) is 4.79 Å². The number of anilines is 1. The van der Waals surface area contributed by atoms with Gasteiger partial charge < -0.3 is 15.3 Å². The fourth-order valence-corrected chi connectivity index (χ4v) is 2.62. The third kappa shape index (κ3) is 3.71. The topological polar surface area (TPSA) is 69.6 Å². The van der Waals surface area contributed by atoms with Gasteiger partial charge in [0.25, 0.3) is 0 Å². The van der Waals surface area contributed by atoms with E-state index in [-0.39, 0.29) is 5.92 Å². The number of halogens is 1. The molecule has 0 bridgehead atoms. The minimum atomic E-state index is -1.01. The van der Waals surface area contributed by atoms with E-state index in [0.717, 1.165) is 6.42 Å². The lowest BCUT2D eigenvalue weighted by atomic mass is 9.93. The first-order chi connectivity index (χ1) is 9.86. The largest absolute Gasteiger partial charge is 0.480 e. The third-order valence-electron chi connectivity index (χ3n) is 3.70. The van der Waals surface area contributed by atoms with Gasteiger partial charge >= 0.3 is 12.0 Å². The lowest BCUT2D eigenvalue weighted by Crippen LogP contribution is -2.51. The van der Waals surface area contributed by atoms with Crippen molar-refractivity contribution >= 4 is 17.7 Å². The first-order valence-electron chi connectivity index (χ1n) is 6.94. The summed E-state index contributed by atoms with van der Waals surface area (Å²) in [5.74, 6) is -1.17. The van der Waals surface area contributed by atoms with Crippen LogP contribution in [0, 0.1) is 18.7 Å². The minimum absolute atomic E-state index is 0.270. The number of piperidine rings is 1. The van der Waals surface area contributed by atoms with Crippen LogP contribution in [0.2, 0.25) is 0 Å². The molecule has 1 fully saturated rings. The normalized spacial score (nSPS) is 22.0. The van der Waals surface area contributed by atoms with E-state index in [4.69, 9.17) is 0 Å². The number of likely N-dealkylation sites (tertiary alicyclic amines) is 1. The first kappa shape index (κ1) is 15.3. The first-order valence-corrected chi connectivity index (χ1v) is 6.94. The number of rotatable bonds is 2. The average Bonchev–Trinajstić information content (AvgIpc) is 2.36. The molecule has 0 spiro atoms. The van der Waals surface area contributed by atoms with Crippen LogP contribution in [0.4, 0.5) is 14.9 Å². The van der Waals surface area contributed by atoms with E-state index < -0.39 is 23.9 Å². The van der Waals surface area contributed by atoms with Gasteiger partial charge in [0.1, 0.15) is 11.9 Å². The van der Waals surface area contributed by atoms with Gasteiger partial charge in [-0.1, -0.05) is 6.92 Å². The molecule has 0 aliphatic carbocycles. The number of aliphatic carboxylic acids is 1. The van der Waals surface area contributed by atoms with Crippen LogP contribution in [0.25, 0.3) is 0 Å². The molecule has 1 aliphatic rings. The highest BCUT2D eigenvalue weighted by atomic mass is 19.1. The van der Waals surface area contributed by atoms with E-state index in [9.17, 15) is 19.1 Å². The van der Waals surface area contributed by atoms with Gasteiger partial charge in [0.15, 0.2) is 0 Å². The van der Waals surface area contributed by atoms with Gasteiger partial charge in [-0.3, -0.25) is 0 Å². The average molecular weight is 294 g/mol. The fourth-order valence-electron chi connectivity index (χ4n) is 2.62. The summed E-state index contributed by atoms with van der Waals surface area (Å²) >= 11 is 0. The van der Waals surface area contributed by atoms with Crippen LogP contribution in [0.15, 0.2) is 18.2 Å². The summed E-state index contributed by atoms with van der Waals surface area (Å²) < 4.78 is 13.3. The Labute approximate surface area is 122 Å². The Morgan fingerprint density at radius 3 is 2.71 bits per heavy atom. The molecule has 1 saturated heterocycles. The Morgan fingerprint density at radius 2 is 2.10 bits per heavy atom. The number of carbonyl (C=O) groups is 2. The molecule has 6 heteroatoms. The number of benzene rings is 1. The van der Waals surface area contributed by atoms with Crippen LogP contribution >= 0.6 is 0 Å². The maximum absolute atomic E-state index is 13.3. The van der Waals surface area contributed by atoms with Crippen LogP contribution < -0.4 is 5.32 Å². The summed E-state index contributed by atoms with van der Waals surface area (Å²) in [5.41, 5.74) is 1.02. The molecule has 0 aromatic heterocycles. The second-order valence-electron chi connectivity index (χ2n) is 5.62. The maximum atomic E-state index is 13.3. The molecule has 5 nitrogen and oxygen atoms in total. The van der Waals surface area contributed by atoms with Crippen LogP contribution in [0.3, 0.4) is 0 Å². The number of urea groups is 1. The van der Waals surface area contributed by atoms with Crippen LogP contribution in [-0.4, -0.2) is 34.6 Å². The Morgan fingerprint density at radius 1 is 1.38 bits per heavy atom. The van der Waals surface area contributed by atoms with Gasteiger partial charge in [0, 0.05) is 12.2 Å². The quantitative estimate of drug-likeness (QED) is 0.881. The molecule has 1 heterocycles. The maximum Gasteiger partial charge on any atom is 0.326 e. The number of aryl methyl sites for hydroxylation is 1. The minimum Gasteiger partial charge on any atom is -0.480 e. The summed E-state index contributed by atoms with van der Waals surface area (Å²) in [6.45, 7) is 4.08. The van der Waals surface area contributed by atoms with Gasteiger partial charge in [0.2, 0.25) is 0 Å². The molecule has 1 aromatic rings. The predicted octanol–water partition coefficient (Wildman–Crippen LogP) is 2.85. The Bertz CT molecular complexity index is 542. The van der Waals surface area contributed by atoms with Gasteiger partial charge in [-0.05, 0) is 49.4 Å². The van der Waals surface area contributed by atoms with Gasteiger partial charge in [-0.25, -0.2) is 14.0 Å². The SMILES string of the molecule is Cc1cc(F)cc(NC(=O)N2CCC(C)CC2C(=O)O)c1. The van der Waals surface area contributed by atoms with Crippen molar-refractivity contribution < 1.29 is 19.1 Å². The molecule has 0 radical (unpaired) electrons. The number of amides is 2. The van der Waals surface area contributed by atoms with E-state index in [2.05, 4.69) is 5.32 Å². The van der Waals surface area contributed by atoms with Gasteiger partial charge in [-0.15, -0.1) is 0 Å². The van der Waals surface area contributed by atoms with Gasteiger partial charge in [-0.2, -0.15) is 0 Å². The fraction of sp³-hybridized carbons (Fsp3) is 0.467. The van der Waals surface area contributed by atoms with Crippen molar-refractivity contribution in [1.82, 2.24) is 4.90 Å². The molecule has 1 aliphatic heterocycles. The highest BCUT2D eigenvalue weighted by Gasteiger charge is 2.34. The zero-order valence-corrected chi connectivity index (χ0v) is 12.1. The van der Waals surface area contributed by atoms with Crippen molar-refractivity contribution in [2.75, 3.05) is 11.9 Å². The Balaban J connectivity index is 2.12. The highest BCUT2D eigenvalue weighted by Crippen LogP contribution is 2.24. The smallest absolute Gasteiger partial charge is 0.326 e. The van der Waals surface area contributed by atoms with E-state index in [0.29, 0.717) is 24.2 Å². The van der Waals surface area contributed by atoms with Crippen molar-refractivity contribution in [2.45, 2.75) is 32.7 Å². The summed E-state index contributed by atoms with van der Waals surface area (Å²) in [6.07, 6.45) is 1.20. The number of hydrogen-bond donors (Lipinski definition) is 2. The molecule has 21 heavy (non-hydrogen) atoms. The number of carboxylic acids is 1. The van der Waals surface area contributed by atoms with Crippen LogP contribution in [0.5, 0.6) is 0 Å². The zero-order chi connectivity index (χ0) is 15.6. The molecular weight excluding hydrogens is 275 g/mol. The molecule has 2 rings (SSSR count). The molecule has 0 saturated carbocycles. The molecule has 2 unspecified atom stereocenters. The van der Waals surface area contributed by atoms with Crippen molar-refractivity contribution in [2.24, 2.45) is 5.92 Å². The number of nitrogens with one attached hydrogen (secondary N) is 1. The summed E-state index contributed by atoms with van der Waals surface area (Å²) in [5, 5.41) is 11.8. The molecule has 1 aromatic carbocycles. The molecule has 114 valence electrons. The van der Waals surface area contributed by atoms with Crippen molar-refractivity contribution in [3.63, 3.8) is 0 Å². The third-order valence-corrected chi connectivity index (χ3v) is 3.70. The number of carboxylic acid groups (broad SMARTS) is 1. The van der Waals surface area contributed by atoms with Crippen molar-refractivity contribution in [3.8, 4) is 0 Å². The number of carbonyl (C=O) groups excluding carboxylic acids is 1. The predicted molar refractivity (Wildman–Crippen MR) is 76.7 cm³/mol. The highest BCUT2D eigenvalue weighted by molar-refractivity contribution is 5.92. The molecular formula is C15H19FN2O3. The van der Waals surface area contributed by atoms with Crippen LogP contribution in [0.1, 0.15) is 25.3 Å². The number of nitrogens with zero attached hydrogens (tertiary/aromatic N) is 1. The molecule has 2 N–H and O–H groups in total. The second kappa shape index (κ2) is 6.11. The molecule has 2 amide bonds. The molecule has 2 atom stereocenters. The standard InChI is InChI=1S/C15H19FN2O3/c1-9-3-4-18(13(7-9)14(19)20)15(21)17-12-6-10(2)5-11(16)8-12/h5-6,8-9,13H,3-4,7H2,1-2H3,(H,17,21)(H,19,20). The van der Waals surface area contributed by atoms with E-state index >= 15 is 0 Å². The van der Waals surface area contributed by atoms with E-state index in [1.54, 1.807) is 13.0 Å². The lowest BCUT2D eigenvalue weighted by molar-refractivity contribution is -0.143. The summed E-state index contributed by atoms with van der Waals surface area (Å²) in [4.78, 5) is 24.8. The van der Waals surface area contributed by atoms with E-state index in [1.165, 1.54) is 17.0 Å². The van der Waals surface area contributed by atoms with Crippen molar-refractivity contribution in [1.29, 1.82) is 0 Å². The Hall–Kier alpha value is -2.11. The Kier molecular flexibility index (Phi) is 4.45. The zero-order valence-electron chi connectivity index (χ0n) is 12.1. The van der Waals surface area contributed by atoms with Gasteiger partial charge in [0.05, 0.1) is 0 Å². The summed E-state index contributed by atoms with van der Waals surface area (Å²) in [6, 6.07) is 2.89. The number of hydrogen-bond acceptors (Lipinski definition) is 2. The van der Waals surface area contributed by atoms with E-state index in [1.807, 2.05) is 6.92 Å². The second-order valence-corrected chi connectivity index (χ2v) is 5.62. The lowest BCUT2D eigenvalue weighted by Gasteiger charge is -2.35. The monoisotopic (exact) mass is 294 g/mol.